The highest BCUT2D eigenvalue weighted by Crippen LogP contribution is 2.19. The lowest BCUT2D eigenvalue weighted by Gasteiger charge is -2.10. The van der Waals surface area contributed by atoms with Crippen LogP contribution in [0.2, 0.25) is 0 Å². The molecule has 1 aromatic rings. The second-order valence-corrected chi connectivity index (χ2v) is 3.43. The number of hydrogen-bond acceptors (Lipinski definition) is 3. The van der Waals surface area contributed by atoms with Crippen molar-refractivity contribution in [1.29, 1.82) is 0 Å². The van der Waals surface area contributed by atoms with Gasteiger partial charge in [-0.1, -0.05) is 12.8 Å². The number of nitrogens with one attached hydrogen (secondary N) is 2. The summed E-state index contributed by atoms with van der Waals surface area (Å²) in [5, 5.41) is 6.72. The van der Waals surface area contributed by atoms with Crippen molar-refractivity contribution in [2.45, 2.75) is 38.3 Å². The van der Waals surface area contributed by atoms with E-state index >= 15 is 0 Å². The molecular weight excluding hydrogens is 166 g/mol. The predicted octanol–water partition coefficient (Wildman–Crippen LogP) is 1.37. The molecule has 4 nitrogen and oxygen atoms in total. The largest absolute Gasteiger partial charge is 0.298 e. The fourth-order valence-corrected chi connectivity index (χ4v) is 1.63. The molecule has 0 saturated heterocycles. The second kappa shape index (κ2) is 4.39. The van der Waals surface area contributed by atoms with Crippen LogP contribution in [0.15, 0.2) is 12.3 Å². The van der Waals surface area contributed by atoms with Gasteiger partial charge in [0.05, 0.1) is 18.3 Å². The van der Waals surface area contributed by atoms with E-state index in [2.05, 4.69) is 15.7 Å². The molecule has 0 amide bonds. The van der Waals surface area contributed by atoms with Crippen molar-refractivity contribution in [3.05, 3.63) is 18.0 Å². The monoisotopic (exact) mass is 181 g/mol. The molecule has 0 bridgehead atoms. The maximum Gasteiger partial charge on any atom is 0.0790 e. The van der Waals surface area contributed by atoms with Crippen molar-refractivity contribution in [2.75, 3.05) is 0 Å². The SMILES string of the molecule is c1cc(CNOC2CCCC2)[nH]n1. The topological polar surface area (TPSA) is 49.9 Å². The van der Waals surface area contributed by atoms with E-state index in [1.165, 1.54) is 25.7 Å². The van der Waals surface area contributed by atoms with Gasteiger partial charge in [0.25, 0.3) is 0 Å². The molecule has 4 heteroatoms. The van der Waals surface area contributed by atoms with Crippen molar-refractivity contribution in [1.82, 2.24) is 15.7 Å². The zero-order valence-electron chi connectivity index (χ0n) is 7.62. The van der Waals surface area contributed by atoms with Gasteiger partial charge >= 0.3 is 0 Å². The third-order valence-corrected chi connectivity index (χ3v) is 2.37. The minimum Gasteiger partial charge on any atom is -0.298 e. The first kappa shape index (κ1) is 8.72. The van der Waals surface area contributed by atoms with Crippen molar-refractivity contribution in [3.8, 4) is 0 Å². The molecule has 1 aliphatic carbocycles. The van der Waals surface area contributed by atoms with E-state index in [4.69, 9.17) is 4.84 Å². The zero-order valence-corrected chi connectivity index (χ0v) is 7.62. The van der Waals surface area contributed by atoms with E-state index in [0.29, 0.717) is 12.6 Å². The number of aromatic nitrogens is 2. The maximum atomic E-state index is 5.48. The van der Waals surface area contributed by atoms with Gasteiger partial charge in [-0.2, -0.15) is 10.6 Å². The Morgan fingerprint density at radius 1 is 1.54 bits per heavy atom. The highest BCUT2D eigenvalue weighted by Gasteiger charge is 2.15. The summed E-state index contributed by atoms with van der Waals surface area (Å²) in [5.74, 6) is 0. The Morgan fingerprint density at radius 2 is 2.38 bits per heavy atom. The molecule has 13 heavy (non-hydrogen) atoms. The number of hydrogen-bond donors (Lipinski definition) is 2. The van der Waals surface area contributed by atoms with E-state index in [0.717, 1.165) is 5.69 Å². The quantitative estimate of drug-likeness (QED) is 0.690. The van der Waals surface area contributed by atoms with E-state index < -0.39 is 0 Å². The lowest BCUT2D eigenvalue weighted by molar-refractivity contribution is -0.0249. The van der Waals surface area contributed by atoms with Gasteiger partial charge in [-0.3, -0.25) is 9.94 Å². The fraction of sp³-hybridized carbons (Fsp3) is 0.667. The molecule has 0 unspecified atom stereocenters. The first-order valence-electron chi connectivity index (χ1n) is 4.82. The summed E-state index contributed by atoms with van der Waals surface area (Å²) in [6.07, 6.45) is 7.15. The summed E-state index contributed by atoms with van der Waals surface area (Å²) in [4.78, 5) is 5.48. The summed E-state index contributed by atoms with van der Waals surface area (Å²) in [6, 6.07) is 1.94. The van der Waals surface area contributed by atoms with Crippen molar-refractivity contribution < 1.29 is 4.84 Å². The van der Waals surface area contributed by atoms with Gasteiger partial charge in [0.1, 0.15) is 0 Å². The summed E-state index contributed by atoms with van der Waals surface area (Å²) in [6.45, 7) is 0.705. The highest BCUT2D eigenvalue weighted by atomic mass is 16.7. The zero-order chi connectivity index (χ0) is 8.93. The van der Waals surface area contributed by atoms with Crippen LogP contribution in [0.3, 0.4) is 0 Å². The average molecular weight is 181 g/mol. The van der Waals surface area contributed by atoms with Crippen LogP contribution in [0.4, 0.5) is 0 Å². The van der Waals surface area contributed by atoms with E-state index in [-0.39, 0.29) is 0 Å². The molecule has 0 aliphatic heterocycles. The van der Waals surface area contributed by atoms with Crippen LogP contribution in [0, 0.1) is 0 Å². The summed E-state index contributed by atoms with van der Waals surface area (Å²) in [5.41, 5.74) is 4.01. The second-order valence-electron chi connectivity index (χ2n) is 3.43. The Labute approximate surface area is 77.6 Å². The van der Waals surface area contributed by atoms with Gasteiger partial charge in [0.2, 0.25) is 0 Å². The average Bonchev–Trinajstić information content (AvgIpc) is 2.75. The van der Waals surface area contributed by atoms with Crippen LogP contribution < -0.4 is 5.48 Å². The molecule has 0 radical (unpaired) electrons. The van der Waals surface area contributed by atoms with Crippen LogP contribution in [0.5, 0.6) is 0 Å². The van der Waals surface area contributed by atoms with Gasteiger partial charge in [-0.15, -0.1) is 0 Å². The minimum absolute atomic E-state index is 0.419. The van der Waals surface area contributed by atoms with Crippen molar-refractivity contribution >= 4 is 0 Å². The van der Waals surface area contributed by atoms with Gasteiger partial charge in [-0.05, 0) is 18.9 Å². The number of nitrogens with zero attached hydrogens (tertiary/aromatic N) is 1. The highest BCUT2D eigenvalue weighted by molar-refractivity contribution is 4.95. The first-order chi connectivity index (χ1) is 6.45. The van der Waals surface area contributed by atoms with E-state index in [9.17, 15) is 0 Å². The first-order valence-corrected chi connectivity index (χ1v) is 4.82. The van der Waals surface area contributed by atoms with Crippen LogP contribution in [0.1, 0.15) is 31.4 Å². The molecule has 1 fully saturated rings. The molecule has 2 rings (SSSR count). The summed E-state index contributed by atoms with van der Waals surface area (Å²) in [7, 11) is 0. The standard InChI is InChI=1S/C9H15N3O/c1-2-4-9(3-1)13-11-7-8-5-6-10-12-8/h5-6,9,11H,1-4,7H2,(H,10,12). The molecule has 1 aliphatic rings. The van der Waals surface area contributed by atoms with Crippen LogP contribution in [-0.4, -0.2) is 16.3 Å². The van der Waals surface area contributed by atoms with Gasteiger partial charge in [0.15, 0.2) is 0 Å². The van der Waals surface area contributed by atoms with Crippen molar-refractivity contribution in [3.63, 3.8) is 0 Å². The molecule has 1 saturated carbocycles. The molecule has 0 aromatic carbocycles. The van der Waals surface area contributed by atoms with Gasteiger partial charge < -0.3 is 0 Å². The van der Waals surface area contributed by atoms with Gasteiger partial charge in [0, 0.05) is 6.20 Å². The smallest absolute Gasteiger partial charge is 0.0790 e. The van der Waals surface area contributed by atoms with Crippen LogP contribution in [-0.2, 0) is 11.4 Å². The third kappa shape index (κ3) is 2.54. The van der Waals surface area contributed by atoms with Crippen LogP contribution >= 0.6 is 0 Å². The minimum atomic E-state index is 0.419. The number of hydroxylamine groups is 1. The Morgan fingerprint density at radius 3 is 3.08 bits per heavy atom. The van der Waals surface area contributed by atoms with Crippen LogP contribution in [0.25, 0.3) is 0 Å². The molecular formula is C9H15N3O. The molecule has 72 valence electrons. The van der Waals surface area contributed by atoms with Gasteiger partial charge in [-0.25, -0.2) is 0 Å². The van der Waals surface area contributed by atoms with Crippen molar-refractivity contribution in [2.24, 2.45) is 0 Å². The molecule has 0 spiro atoms. The number of aromatic amines is 1. The Hall–Kier alpha value is -0.870. The van der Waals surface area contributed by atoms with E-state index in [1.54, 1.807) is 6.20 Å². The molecule has 2 N–H and O–H groups in total. The molecule has 1 heterocycles. The molecule has 0 atom stereocenters. The Kier molecular flexibility index (Phi) is 2.94. The lowest BCUT2D eigenvalue weighted by Crippen LogP contribution is -2.21. The Balaban J connectivity index is 1.63. The number of H-pyrrole nitrogens is 1. The molecule has 1 aromatic heterocycles. The normalized spacial score (nSPS) is 18.2. The predicted molar refractivity (Wildman–Crippen MR) is 48.8 cm³/mol. The van der Waals surface area contributed by atoms with E-state index in [1.807, 2.05) is 6.07 Å². The summed E-state index contributed by atoms with van der Waals surface area (Å²) < 4.78 is 0. The Bertz CT molecular complexity index is 229. The third-order valence-electron chi connectivity index (χ3n) is 2.37. The maximum absolute atomic E-state index is 5.48. The fourth-order valence-electron chi connectivity index (χ4n) is 1.63. The lowest BCUT2D eigenvalue weighted by atomic mass is 10.3. The summed E-state index contributed by atoms with van der Waals surface area (Å²) >= 11 is 0. The number of rotatable bonds is 4.